The number of pyridine rings is 1. The van der Waals surface area contributed by atoms with E-state index >= 15 is 0 Å². The number of benzene rings is 1. The molecule has 3 rings (SSSR count). The van der Waals surface area contributed by atoms with Gasteiger partial charge in [-0.3, -0.25) is 4.98 Å². The number of nitrogens with two attached hydrogens (primary N) is 1. The molecule has 3 aromatic rings. The number of hydrogen-bond acceptors (Lipinski definition) is 4. The van der Waals surface area contributed by atoms with Gasteiger partial charge in [-0.2, -0.15) is 0 Å². The number of nitrogens with zero attached hydrogens (tertiary/aromatic N) is 2. The lowest BCUT2D eigenvalue weighted by Crippen LogP contribution is -1.91. The Labute approximate surface area is 121 Å². The van der Waals surface area contributed by atoms with E-state index in [1.807, 2.05) is 43.3 Å². The van der Waals surface area contributed by atoms with Crippen LogP contribution in [-0.2, 0) is 0 Å². The van der Waals surface area contributed by atoms with E-state index in [2.05, 4.69) is 10.1 Å². The van der Waals surface area contributed by atoms with E-state index in [0.717, 1.165) is 22.4 Å². The van der Waals surface area contributed by atoms with Gasteiger partial charge in [0.15, 0.2) is 0 Å². The molecule has 2 heterocycles. The van der Waals surface area contributed by atoms with Crippen LogP contribution in [0.1, 0.15) is 5.69 Å². The number of aromatic nitrogens is 2. The van der Waals surface area contributed by atoms with Gasteiger partial charge < -0.3 is 10.3 Å². The predicted octanol–water partition coefficient (Wildman–Crippen LogP) is 3.95. The maximum Gasteiger partial charge on any atom is 0.230 e. The molecule has 0 aliphatic rings. The third-order valence-electron chi connectivity index (χ3n) is 3.11. The second kappa shape index (κ2) is 4.98. The summed E-state index contributed by atoms with van der Waals surface area (Å²) in [6.45, 7) is 1.92. The molecule has 1 aromatic carbocycles. The van der Waals surface area contributed by atoms with Crippen LogP contribution in [0.2, 0.25) is 5.02 Å². The molecule has 0 fully saturated rings. The van der Waals surface area contributed by atoms with Gasteiger partial charge in [0.2, 0.25) is 5.88 Å². The Morgan fingerprint density at radius 3 is 2.60 bits per heavy atom. The van der Waals surface area contributed by atoms with Crippen molar-refractivity contribution in [2.24, 2.45) is 0 Å². The average molecular weight is 286 g/mol. The fourth-order valence-corrected chi connectivity index (χ4v) is 2.24. The van der Waals surface area contributed by atoms with E-state index in [1.165, 1.54) is 0 Å². The van der Waals surface area contributed by atoms with Crippen molar-refractivity contribution in [3.63, 3.8) is 0 Å². The number of nitrogen functional groups attached to an aromatic ring is 1. The first-order valence-electron chi connectivity index (χ1n) is 6.10. The molecule has 100 valence electrons. The van der Waals surface area contributed by atoms with Crippen LogP contribution in [0.15, 0.2) is 47.1 Å². The number of aryl methyl sites for hydroxylation is 1. The molecule has 0 saturated heterocycles. The highest BCUT2D eigenvalue weighted by Crippen LogP contribution is 2.37. The standard InChI is InChI=1S/C15H12ClN3O/c1-9-12(3-2-8-18-9)14-13(15(17)20-19-14)10-4-6-11(16)7-5-10/h2-8H,17H2,1H3. The van der Waals surface area contributed by atoms with Gasteiger partial charge in [0.1, 0.15) is 5.69 Å². The van der Waals surface area contributed by atoms with Gasteiger partial charge in [-0.15, -0.1) is 0 Å². The summed E-state index contributed by atoms with van der Waals surface area (Å²) >= 11 is 5.91. The predicted molar refractivity (Wildman–Crippen MR) is 79.3 cm³/mol. The van der Waals surface area contributed by atoms with Crippen molar-refractivity contribution >= 4 is 17.5 Å². The minimum atomic E-state index is 0.283. The second-order valence-electron chi connectivity index (χ2n) is 4.41. The van der Waals surface area contributed by atoms with E-state index in [1.54, 1.807) is 6.20 Å². The summed E-state index contributed by atoms with van der Waals surface area (Å²) in [6.07, 6.45) is 1.74. The lowest BCUT2D eigenvalue weighted by Gasteiger charge is -2.05. The van der Waals surface area contributed by atoms with Gasteiger partial charge in [-0.1, -0.05) is 28.9 Å². The molecule has 2 aromatic heterocycles. The molecule has 0 unspecified atom stereocenters. The highest BCUT2D eigenvalue weighted by atomic mass is 35.5. The van der Waals surface area contributed by atoms with Crippen LogP contribution in [-0.4, -0.2) is 10.1 Å². The molecule has 0 aliphatic heterocycles. The summed E-state index contributed by atoms with van der Waals surface area (Å²) < 4.78 is 5.16. The molecule has 0 radical (unpaired) electrons. The maximum atomic E-state index is 5.92. The van der Waals surface area contributed by atoms with Crippen LogP contribution >= 0.6 is 11.6 Å². The molecule has 0 saturated carbocycles. The number of hydrogen-bond donors (Lipinski definition) is 1. The van der Waals surface area contributed by atoms with Crippen molar-refractivity contribution in [3.8, 4) is 22.4 Å². The summed E-state index contributed by atoms with van der Waals surface area (Å²) in [5.74, 6) is 0.283. The first-order valence-corrected chi connectivity index (χ1v) is 6.47. The summed E-state index contributed by atoms with van der Waals surface area (Å²) in [7, 11) is 0. The van der Waals surface area contributed by atoms with E-state index < -0.39 is 0 Å². The molecule has 2 N–H and O–H groups in total. The Kier molecular flexibility index (Phi) is 3.16. The number of anilines is 1. The zero-order valence-corrected chi connectivity index (χ0v) is 11.6. The van der Waals surface area contributed by atoms with E-state index in [9.17, 15) is 0 Å². The van der Waals surface area contributed by atoms with E-state index in [-0.39, 0.29) is 5.88 Å². The summed E-state index contributed by atoms with van der Waals surface area (Å²) in [5.41, 5.74) is 10.0. The molecular weight excluding hydrogens is 274 g/mol. The number of rotatable bonds is 2. The highest BCUT2D eigenvalue weighted by Gasteiger charge is 2.18. The zero-order valence-electron chi connectivity index (χ0n) is 10.8. The van der Waals surface area contributed by atoms with Crippen LogP contribution in [0.4, 0.5) is 5.88 Å². The molecule has 0 amide bonds. The Balaban J connectivity index is 2.20. The van der Waals surface area contributed by atoms with Gasteiger partial charge in [0, 0.05) is 22.5 Å². The highest BCUT2D eigenvalue weighted by molar-refractivity contribution is 6.30. The largest absolute Gasteiger partial charge is 0.367 e. The van der Waals surface area contributed by atoms with E-state index in [4.69, 9.17) is 21.9 Å². The van der Waals surface area contributed by atoms with Crippen molar-refractivity contribution in [2.75, 3.05) is 5.73 Å². The lowest BCUT2D eigenvalue weighted by molar-refractivity contribution is 0.439. The molecule has 20 heavy (non-hydrogen) atoms. The van der Waals surface area contributed by atoms with Crippen LogP contribution in [0.25, 0.3) is 22.4 Å². The first kappa shape index (κ1) is 12.7. The van der Waals surface area contributed by atoms with Crippen molar-refractivity contribution in [2.45, 2.75) is 6.92 Å². The normalized spacial score (nSPS) is 10.7. The molecule has 4 nitrogen and oxygen atoms in total. The van der Waals surface area contributed by atoms with Crippen LogP contribution in [0.3, 0.4) is 0 Å². The Bertz CT molecular complexity index is 750. The monoisotopic (exact) mass is 285 g/mol. The number of halogens is 1. The van der Waals surface area contributed by atoms with E-state index in [0.29, 0.717) is 10.7 Å². The van der Waals surface area contributed by atoms with Gasteiger partial charge >= 0.3 is 0 Å². The van der Waals surface area contributed by atoms with Gasteiger partial charge in [-0.05, 0) is 36.8 Å². The van der Waals surface area contributed by atoms with Crippen LogP contribution < -0.4 is 5.73 Å². The topological polar surface area (TPSA) is 64.9 Å². The SMILES string of the molecule is Cc1ncccc1-c1noc(N)c1-c1ccc(Cl)cc1. The Hall–Kier alpha value is -2.33. The van der Waals surface area contributed by atoms with Crippen molar-refractivity contribution in [3.05, 3.63) is 53.3 Å². The summed E-state index contributed by atoms with van der Waals surface area (Å²) in [5, 5.41) is 4.74. The van der Waals surface area contributed by atoms with Crippen molar-refractivity contribution in [1.29, 1.82) is 0 Å². The van der Waals surface area contributed by atoms with Crippen molar-refractivity contribution < 1.29 is 4.52 Å². The molecule has 0 aliphatic carbocycles. The third-order valence-corrected chi connectivity index (χ3v) is 3.37. The Morgan fingerprint density at radius 2 is 1.90 bits per heavy atom. The maximum absolute atomic E-state index is 5.92. The fourth-order valence-electron chi connectivity index (χ4n) is 2.12. The average Bonchev–Trinajstić information content (AvgIpc) is 2.82. The van der Waals surface area contributed by atoms with Gasteiger partial charge in [0.25, 0.3) is 0 Å². The molecule has 0 bridgehead atoms. The summed E-state index contributed by atoms with van der Waals surface area (Å²) in [6, 6.07) is 11.2. The molecule has 0 atom stereocenters. The fraction of sp³-hybridized carbons (Fsp3) is 0.0667. The Morgan fingerprint density at radius 1 is 1.15 bits per heavy atom. The first-order chi connectivity index (χ1) is 9.66. The van der Waals surface area contributed by atoms with Gasteiger partial charge in [0.05, 0.1) is 5.56 Å². The molecule has 0 spiro atoms. The quantitative estimate of drug-likeness (QED) is 0.774. The third kappa shape index (κ3) is 2.14. The minimum absolute atomic E-state index is 0.283. The zero-order chi connectivity index (χ0) is 14.1. The van der Waals surface area contributed by atoms with Crippen LogP contribution in [0, 0.1) is 6.92 Å². The second-order valence-corrected chi connectivity index (χ2v) is 4.85. The lowest BCUT2D eigenvalue weighted by atomic mass is 10.0. The smallest absolute Gasteiger partial charge is 0.230 e. The molecule has 5 heteroatoms. The molecular formula is C15H12ClN3O. The van der Waals surface area contributed by atoms with Crippen molar-refractivity contribution in [1.82, 2.24) is 10.1 Å². The van der Waals surface area contributed by atoms with Gasteiger partial charge in [-0.25, -0.2) is 0 Å². The van der Waals surface area contributed by atoms with Crippen LogP contribution in [0.5, 0.6) is 0 Å². The minimum Gasteiger partial charge on any atom is -0.367 e. The summed E-state index contributed by atoms with van der Waals surface area (Å²) in [4.78, 5) is 4.27.